The van der Waals surface area contributed by atoms with Crippen LogP contribution in [0.25, 0.3) is 6.08 Å². The number of urea groups is 1. The number of hydrogen-bond acceptors (Lipinski definition) is 5. The maximum absolute atomic E-state index is 13.0. The van der Waals surface area contributed by atoms with Gasteiger partial charge >= 0.3 is 12.0 Å². The molecule has 1 atom stereocenters. The number of anilines is 1. The summed E-state index contributed by atoms with van der Waals surface area (Å²) in [6.07, 6.45) is 0.351. The minimum absolute atomic E-state index is 0.192. The lowest BCUT2D eigenvalue weighted by atomic mass is 10.0. The van der Waals surface area contributed by atoms with Crippen LogP contribution >= 0.6 is 0 Å². The van der Waals surface area contributed by atoms with E-state index in [2.05, 4.69) is 5.32 Å². The summed E-state index contributed by atoms with van der Waals surface area (Å²) < 4.78 is 5.26. The summed E-state index contributed by atoms with van der Waals surface area (Å²) in [6, 6.07) is 10.7. The fourth-order valence-electron chi connectivity index (χ4n) is 2.92. The predicted molar refractivity (Wildman–Crippen MR) is 109 cm³/mol. The van der Waals surface area contributed by atoms with Gasteiger partial charge in [-0.2, -0.15) is 0 Å². The van der Waals surface area contributed by atoms with Crippen LogP contribution in [0.15, 0.2) is 48.0 Å². The molecule has 154 valence electrons. The summed E-state index contributed by atoms with van der Waals surface area (Å²) >= 11 is 0. The summed E-state index contributed by atoms with van der Waals surface area (Å²) in [4.78, 5) is 49.5. The van der Waals surface area contributed by atoms with Gasteiger partial charge in [-0.25, -0.2) is 14.5 Å². The van der Waals surface area contributed by atoms with Crippen molar-refractivity contribution in [3.8, 4) is 5.75 Å². The molecule has 1 aliphatic rings. The van der Waals surface area contributed by atoms with E-state index in [4.69, 9.17) is 9.84 Å². The normalized spacial score (nSPS) is 16.4. The van der Waals surface area contributed by atoms with E-state index in [1.807, 2.05) is 13.0 Å². The average molecular weight is 408 g/mol. The zero-order chi connectivity index (χ0) is 22.0. The van der Waals surface area contributed by atoms with Crippen LogP contribution in [0.2, 0.25) is 0 Å². The van der Waals surface area contributed by atoms with Crippen molar-refractivity contribution in [2.45, 2.75) is 26.9 Å². The summed E-state index contributed by atoms with van der Waals surface area (Å²) in [5, 5.41) is 11.1. The van der Waals surface area contributed by atoms with Crippen molar-refractivity contribution >= 4 is 35.6 Å². The van der Waals surface area contributed by atoms with Crippen LogP contribution in [0.1, 0.15) is 23.6 Å². The van der Waals surface area contributed by atoms with E-state index >= 15 is 0 Å². The number of imide groups is 2. The molecular weight excluding hydrogens is 388 g/mol. The second-order valence-corrected chi connectivity index (χ2v) is 6.84. The molecule has 3 rings (SSSR count). The third-order valence-electron chi connectivity index (χ3n) is 4.77. The van der Waals surface area contributed by atoms with Crippen molar-refractivity contribution in [2.75, 3.05) is 4.90 Å². The quantitative estimate of drug-likeness (QED) is 0.581. The highest BCUT2D eigenvalue weighted by Gasteiger charge is 2.37. The fraction of sp³-hybridized carbons (Fsp3) is 0.182. The number of carbonyl (C=O) groups is 4. The van der Waals surface area contributed by atoms with E-state index in [9.17, 15) is 19.2 Å². The van der Waals surface area contributed by atoms with Gasteiger partial charge < -0.3 is 9.84 Å². The standard InChI is InChI=1S/C22H20N2O6/c1-12-5-4-6-18(13(12)2)24-20(26)17(19(25)23-22(24)29)11-15-7-9-16(10-8-15)30-14(3)21(27)28/h4-11,14H,1-3H3,(H,27,28)(H,23,25,29)/b17-11-/t14-/m0/s1. The van der Waals surface area contributed by atoms with Crippen LogP contribution in [0, 0.1) is 13.8 Å². The molecule has 0 saturated carbocycles. The van der Waals surface area contributed by atoms with Crippen molar-refractivity contribution in [1.29, 1.82) is 0 Å². The number of carboxylic acids is 1. The highest BCUT2D eigenvalue weighted by atomic mass is 16.5. The van der Waals surface area contributed by atoms with Gasteiger partial charge in [-0.15, -0.1) is 0 Å². The topological polar surface area (TPSA) is 113 Å². The van der Waals surface area contributed by atoms with Gasteiger partial charge in [0.1, 0.15) is 11.3 Å². The lowest BCUT2D eigenvalue weighted by Gasteiger charge is -2.28. The molecule has 0 unspecified atom stereocenters. The van der Waals surface area contributed by atoms with Gasteiger partial charge in [0, 0.05) is 0 Å². The minimum atomic E-state index is -1.10. The minimum Gasteiger partial charge on any atom is -0.479 e. The molecular formula is C22H20N2O6. The summed E-state index contributed by atoms with van der Waals surface area (Å²) in [5.41, 5.74) is 2.38. The van der Waals surface area contributed by atoms with E-state index < -0.39 is 29.9 Å². The van der Waals surface area contributed by atoms with E-state index in [1.54, 1.807) is 31.2 Å². The maximum Gasteiger partial charge on any atom is 0.344 e. The highest BCUT2D eigenvalue weighted by Crippen LogP contribution is 2.27. The van der Waals surface area contributed by atoms with E-state index in [-0.39, 0.29) is 5.57 Å². The number of carboxylic acid groups (broad SMARTS) is 1. The molecule has 1 saturated heterocycles. The number of barbiturate groups is 1. The fourth-order valence-corrected chi connectivity index (χ4v) is 2.92. The second kappa shape index (κ2) is 8.20. The van der Waals surface area contributed by atoms with Crippen molar-refractivity contribution in [3.63, 3.8) is 0 Å². The first kappa shape index (κ1) is 20.8. The molecule has 0 radical (unpaired) electrons. The van der Waals surface area contributed by atoms with Crippen molar-refractivity contribution in [1.82, 2.24) is 5.32 Å². The number of nitrogens with zero attached hydrogens (tertiary/aromatic N) is 1. The number of aryl methyl sites for hydroxylation is 1. The summed E-state index contributed by atoms with van der Waals surface area (Å²) in [6.45, 7) is 5.06. The monoisotopic (exact) mass is 408 g/mol. The van der Waals surface area contributed by atoms with Gasteiger partial charge in [0.15, 0.2) is 6.10 Å². The van der Waals surface area contributed by atoms with Gasteiger partial charge in [-0.05, 0) is 61.7 Å². The molecule has 4 amide bonds. The number of rotatable bonds is 5. The van der Waals surface area contributed by atoms with Crippen molar-refractivity contribution < 1.29 is 29.0 Å². The smallest absolute Gasteiger partial charge is 0.344 e. The molecule has 0 spiro atoms. The number of aliphatic carboxylic acids is 1. The predicted octanol–water partition coefficient (Wildman–Crippen LogP) is 2.82. The molecule has 0 aliphatic carbocycles. The van der Waals surface area contributed by atoms with Crippen LogP contribution < -0.4 is 15.0 Å². The van der Waals surface area contributed by atoms with Crippen LogP contribution in [-0.4, -0.2) is 35.0 Å². The first-order valence-electron chi connectivity index (χ1n) is 9.16. The van der Waals surface area contributed by atoms with E-state index in [0.29, 0.717) is 17.0 Å². The number of amides is 4. The van der Waals surface area contributed by atoms with Gasteiger partial charge in [0.05, 0.1) is 5.69 Å². The molecule has 1 heterocycles. The Labute approximate surface area is 172 Å². The van der Waals surface area contributed by atoms with E-state index in [1.165, 1.54) is 25.1 Å². The lowest BCUT2D eigenvalue weighted by Crippen LogP contribution is -2.54. The van der Waals surface area contributed by atoms with Gasteiger partial charge in [-0.3, -0.25) is 14.9 Å². The van der Waals surface area contributed by atoms with Gasteiger partial charge in [0.25, 0.3) is 11.8 Å². The molecule has 1 aliphatic heterocycles. The lowest BCUT2D eigenvalue weighted by molar-refractivity contribution is -0.144. The molecule has 30 heavy (non-hydrogen) atoms. The molecule has 8 heteroatoms. The van der Waals surface area contributed by atoms with E-state index in [0.717, 1.165) is 16.0 Å². The Hall–Kier alpha value is -3.94. The van der Waals surface area contributed by atoms with Crippen molar-refractivity contribution in [2.24, 2.45) is 0 Å². The molecule has 0 bridgehead atoms. The summed E-state index contributed by atoms with van der Waals surface area (Å²) in [5.74, 6) is -2.27. The van der Waals surface area contributed by atoms with Gasteiger partial charge in [-0.1, -0.05) is 24.3 Å². The number of nitrogens with one attached hydrogen (secondary N) is 1. The zero-order valence-corrected chi connectivity index (χ0v) is 16.6. The van der Waals surface area contributed by atoms with Crippen LogP contribution in [0.3, 0.4) is 0 Å². The Morgan fingerprint density at radius 1 is 1.10 bits per heavy atom. The van der Waals surface area contributed by atoms with Crippen molar-refractivity contribution in [3.05, 3.63) is 64.7 Å². The molecule has 2 aromatic carbocycles. The van der Waals surface area contributed by atoms with Crippen LogP contribution in [-0.2, 0) is 14.4 Å². The molecule has 0 aromatic heterocycles. The number of carbonyl (C=O) groups excluding carboxylic acids is 3. The Morgan fingerprint density at radius 3 is 2.40 bits per heavy atom. The summed E-state index contributed by atoms with van der Waals surface area (Å²) in [7, 11) is 0. The Morgan fingerprint density at radius 2 is 1.77 bits per heavy atom. The second-order valence-electron chi connectivity index (χ2n) is 6.84. The van der Waals surface area contributed by atoms with Gasteiger partial charge in [0.2, 0.25) is 0 Å². The third-order valence-corrected chi connectivity index (χ3v) is 4.77. The average Bonchev–Trinajstić information content (AvgIpc) is 2.69. The Balaban J connectivity index is 1.91. The SMILES string of the molecule is Cc1cccc(N2C(=O)NC(=O)/C(=C/c3ccc(O[C@@H](C)C(=O)O)cc3)C2=O)c1C. The maximum atomic E-state index is 13.0. The Bertz CT molecular complexity index is 1070. The number of ether oxygens (including phenoxy) is 1. The van der Waals surface area contributed by atoms with Crippen LogP contribution in [0.5, 0.6) is 5.75 Å². The molecule has 2 aromatic rings. The first-order valence-corrected chi connectivity index (χ1v) is 9.16. The highest BCUT2D eigenvalue weighted by molar-refractivity contribution is 6.39. The van der Waals surface area contributed by atoms with Crippen LogP contribution in [0.4, 0.5) is 10.5 Å². The molecule has 8 nitrogen and oxygen atoms in total. The zero-order valence-electron chi connectivity index (χ0n) is 16.6. The number of hydrogen-bond donors (Lipinski definition) is 2. The number of benzene rings is 2. The largest absolute Gasteiger partial charge is 0.479 e. The molecule has 1 fully saturated rings. The molecule has 2 N–H and O–H groups in total. The Kier molecular flexibility index (Phi) is 5.68. The first-order chi connectivity index (χ1) is 14.2. The third kappa shape index (κ3) is 4.07.